The summed E-state index contributed by atoms with van der Waals surface area (Å²) in [4.78, 5) is 25.0. The van der Waals surface area contributed by atoms with Crippen LogP contribution in [0.3, 0.4) is 0 Å². The number of nitrogens with zero attached hydrogens (tertiary/aromatic N) is 1. The number of pyridine rings is 1. The number of nitrogens with one attached hydrogen (secondary N) is 1. The molecule has 1 amide bonds. The molecule has 3 aromatic rings. The molecule has 0 bridgehead atoms. The number of para-hydroxylation sites is 2. The number of aromatic nitrogens is 1. The second-order valence-corrected chi connectivity index (χ2v) is 6.75. The molecule has 0 unspecified atom stereocenters. The highest BCUT2D eigenvalue weighted by molar-refractivity contribution is 5.94. The Labute approximate surface area is 134 Å². The van der Waals surface area contributed by atoms with Crippen molar-refractivity contribution in [2.75, 3.05) is 0 Å². The summed E-state index contributed by atoms with van der Waals surface area (Å²) in [5, 5.41) is 4.24. The molecule has 3 rings (SSSR count). The highest BCUT2D eigenvalue weighted by Crippen LogP contribution is 2.19. The lowest BCUT2D eigenvalue weighted by atomic mass is 10.1. The van der Waals surface area contributed by atoms with E-state index in [4.69, 9.17) is 0 Å². The van der Waals surface area contributed by atoms with E-state index in [1.165, 1.54) is 0 Å². The number of amides is 1. The van der Waals surface area contributed by atoms with E-state index in [9.17, 15) is 9.59 Å². The van der Waals surface area contributed by atoms with E-state index < -0.39 is 0 Å². The van der Waals surface area contributed by atoms with Gasteiger partial charge in [0.15, 0.2) is 5.43 Å². The summed E-state index contributed by atoms with van der Waals surface area (Å²) in [6, 6.07) is 14.8. The minimum atomic E-state index is -0.290. The maximum atomic E-state index is 12.6. The molecule has 4 heteroatoms. The van der Waals surface area contributed by atoms with Gasteiger partial charge in [0.1, 0.15) is 6.54 Å². The minimum absolute atomic E-state index is 0.00341. The third kappa shape index (κ3) is 2.97. The van der Waals surface area contributed by atoms with Crippen molar-refractivity contribution in [2.24, 2.45) is 0 Å². The predicted octanol–water partition coefficient (Wildman–Crippen LogP) is 3.07. The van der Waals surface area contributed by atoms with Crippen LogP contribution in [0, 0.1) is 0 Å². The van der Waals surface area contributed by atoms with E-state index in [2.05, 4.69) is 5.32 Å². The van der Waals surface area contributed by atoms with E-state index >= 15 is 0 Å². The topological polar surface area (TPSA) is 51.1 Å². The summed E-state index contributed by atoms with van der Waals surface area (Å²) in [5.74, 6) is -0.0727. The van der Waals surface area contributed by atoms with Crippen LogP contribution in [0.25, 0.3) is 21.8 Å². The van der Waals surface area contributed by atoms with Gasteiger partial charge < -0.3 is 9.88 Å². The fourth-order valence-corrected chi connectivity index (χ4v) is 2.85. The fourth-order valence-electron chi connectivity index (χ4n) is 2.85. The van der Waals surface area contributed by atoms with Crippen LogP contribution in [0.4, 0.5) is 0 Å². The van der Waals surface area contributed by atoms with Gasteiger partial charge in [0.05, 0.1) is 11.0 Å². The molecule has 0 saturated carbocycles. The lowest BCUT2D eigenvalue weighted by Crippen LogP contribution is -2.42. The number of carbonyl (C=O) groups excluding carboxylic acids is 1. The van der Waals surface area contributed by atoms with Gasteiger partial charge in [0.25, 0.3) is 0 Å². The van der Waals surface area contributed by atoms with Gasteiger partial charge in [0, 0.05) is 16.3 Å². The third-order valence-corrected chi connectivity index (χ3v) is 3.70. The van der Waals surface area contributed by atoms with Crippen LogP contribution in [0.1, 0.15) is 20.8 Å². The first-order valence-corrected chi connectivity index (χ1v) is 7.68. The van der Waals surface area contributed by atoms with Crippen molar-refractivity contribution in [3.8, 4) is 0 Å². The summed E-state index contributed by atoms with van der Waals surface area (Å²) in [6.45, 7) is 6.03. The van der Waals surface area contributed by atoms with Crippen molar-refractivity contribution in [1.82, 2.24) is 9.88 Å². The molecule has 0 aliphatic carbocycles. The molecule has 23 heavy (non-hydrogen) atoms. The summed E-state index contributed by atoms with van der Waals surface area (Å²) < 4.78 is 1.91. The van der Waals surface area contributed by atoms with Gasteiger partial charge in [-0.3, -0.25) is 9.59 Å². The number of carbonyl (C=O) groups is 1. The van der Waals surface area contributed by atoms with Crippen molar-refractivity contribution in [3.05, 3.63) is 58.8 Å². The van der Waals surface area contributed by atoms with Gasteiger partial charge >= 0.3 is 0 Å². The molecule has 118 valence electrons. The highest BCUT2D eigenvalue weighted by Gasteiger charge is 2.16. The summed E-state index contributed by atoms with van der Waals surface area (Å²) >= 11 is 0. The molecular formula is C19H20N2O2. The molecule has 1 heterocycles. The minimum Gasteiger partial charge on any atom is -0.350 e. The number of hydrogen-bond acceptors (Lipinski definition) is 2. The molecular weight excluding hydrogens is 288 g/mol. The average molecular weight is 308 g/mol. The monoisotopic (exact) mass is 308 g/mol. The zero-order chi connectivity index (χ0) is 16.6. The van der Waals surface area contributed by atoms with Crippen molar-refractivity contribution >= 4 is 27.7 Å². The average Bonchev–Trinajstić information content (AvgIpc) is 2.50. The summed E-state index contributed by atoms with van der Waals surface area (Å²) in [5.41, 5.74) is 1.27. The molecule has 1 N–H and O–H groups in total. The quantitative estimate of drug-likeness (QED) is 0.740. The van der Waals surface area contributed by atoms with Crippen LogP contribution in [-0.2, 0) is 11.3 Å². The van der Waals surface area contributed by atoms with Crippen LogP contribution in [0.5, 0.6) is 0 Å². The third-order valence-electron chi connectivity index (χ3n) is 3.70. The predicted molar refractivity (Wildman–Crippen MR) is 93.6 cm³/mol. The fraction of sp³-hybridized carbons (Fsp3) is 0.263. The zero-order valence-corrected chi connectivity index (χ0v) is 13.6. The van der Waals surface area contributed by atoms with Crippen molar-refractivity contribution in [1.29, 1.82) is 0 Å². The largest absolute Gasteiger partial charge is 0.350 e. The van der Waals surface area contributed by atoms with Crippen LogP contribution in [-0.4, -0.2) is 16.0 Å². The van der Waals surface area contributed by atoms with E-state index in [0.29, 0.717) is 10.8 Å². The Balaban J connectivity index is 2.23. The molecule has 0 aliphatic rings. The van der Waals surface area contributed by atoms with Gasteiger partial charge in [-0.05, 0) is 45.0 Å². The van der Waals surface area contributed by atoms with Crippen molar-refractivity contribution in [2.45, 2.75) is 32.9 Å². The standard InChI is InChI=1S/C19H20N2O2/c1-19(2,3)20-17(22)12-21-15-10-6-4-8-13(15)18(23)14-9-5-7-11-16(14)21/h4-11H,12H2,1-3H3,(H,20,22). The van der Waals surface area contributed by atoms with Gasteiger partial charge in [-0.1, -0.05) is 24.3 Å². The van der Waals surface area contributed by atoms with E-state index in [0.717, 1.165) is 11.0 Å². The van der Waals surface area contributed by atoms with Gasteiger partial charge in [0.2, 0.25) is 5.91 Å². The maximum absolute atomic E-state index is 12.6. The highest BCUT2D eigenvalue weighted by atomic mass is 16.2. The van der Waals surface area contributed by atoms with Gasteiger partial charge in [-0.15, -0.1) is 0 Å². The Hall–Kier alpha value is -2.62. The van der Waals surface area contributed by atoms with Crippen LogP contribution < -0.4 is 10.7 Å². The van der Waals surface area contributed by atoms with E-state index in [1.54, 1.807) is 0 Å². The second kappa shape index (κ2) is 5.54. The molecule has 0 fully saturated rings. The number of rotatable bonds is 2. The lowest BCUT2D eigenvalue weighted by molar-refractivity contribution is -0.122. The lowest BCUT2D eigenvalue weighted by Gasteiger charge is -2.22. The number of fused-ring (bicyclic) bond motifs is 2. The first-order valence-electron chi connectivity index (χ1n) is 7.68. The first-order chi connectivity index (χ1) is 10.9. The van der Waals surface area contributed by atoms with Gasteiger partial charge in [-0.2, -0.15) is 0 Å². The Bertz CT molecular complexity index is 889. The molecule has 0 spiro atoms. The van der Waals surface area contributed by atoms with Crippen LogP contribution >= 0.6 is 0 Å². The number of hydrogen-bond donors (Lipinski definition) is 1. The zero-order valence-electron chi connectivity index (χ0n) is 13.6. The molecule has 0 radical (unpaired) electrons. The molecule has 0 atom stereocenters. The molecule has 0 saturated heterocycles. The normalized spacial score (nSPS) is 11.8. The second-order valence-electron chi connectivity index (χ2n) is 6.75. The molecule has 4 nitrogen and oxygen atoms in total. The molecule has 2 aromatic carbocycles. The van der Waals surface area contributed by atoms with Crippen molar-refractivity contribution in [3.63, 3.8) is 0 Å². The van der Waals surface area contributed by atoms with E-state index in [-0.39, 0.29) is 23.4 Å². The Morgan fingerprint density at radius 2 is 1.43 bits per heavy atom. The summed E-state index contributed by atoms with van der Waals surface area (Å²) in [6.07, 6.45) is 0. The summed E-state index contributed by atoms with van der Waals surface area (Å²) in [7, 11) is 0. The Morgan fingerprint density at radius 1 is 0.957 bits per heavy atom. The maximum Gasteiger partial charge on any atom is 0.240 e. The number of benzene rings is 2. The smallest absolute Gasteiger partial charge is 0.240 e. The molecule has 0 aliphatic heterocycles. The van der Waals surface area contributed by atoms with Crippen LogP contribution in [0.2, 0.25) is 0 Å². The van der Waals surface area contributed by atoms with Crippen molar-refractivity contribution < 1.29 is 4.79 Å². The molecule has 1 aromatic heterocycles. The van der Waals surface area contributed by atoms with Crippen LogP contribution in [0.15, 0.2) is 53.3 Å². The van der Waals surface area contributed by atoms with Gasteiger partial charge in [-0.25, -0.2) is 0 Å². The Kier molecular flexibility index (Phi) is 3.68. The SMILES string of the molecule is CC(C)(C)NC(=O)Cn1c2ccccc2c(=O)c2ccccc21. The van der Waals surface area contributed by atoms with E-state index in [1.807, 2.05) is 73.9 Å². The Morgan fingerprint density at radius 3 is 1.91 bits per heavy atom. The first kappa shape index (κ1) is 15.3.